The van der Waals surface area contributed by atoms with E-state index in [-0.39, 0.29) is 11.0 Å². The van der Waals surface area contributed by atoms with Crippen LogP contribution in [0.5, 0.6) is 0 Å². The number of unbranched alkanes of at least 4 members (excludes halogenated alkanes) is 9. The average molecular weight is 474 g/mol. The maximum absolute atomic E-state index is 11.5. The third-order valence-electron chi connectivity index (χ3n) is 6.32. The van der Waals surface area contributed by atoms with Crippen LogP contribution in [0.1, 0.15) is 91.4 Å². The highest BCUT2D eigenvalue weighted by molar-refractivity contribution is 5.81. The quantitative estimate of drug-likeness (QED) is 0.231. The fourth-order valence-electron chi connectivity index (χ4n) is 4.41. The second kappa shape index (κ2) is 16.2. The van der Waals surface area contributed by atoms with Gasteiger partial charge in [0.15, 0.2) is 18.8 Å². The van der Waals surface area contributed by atoms with Crippen LogP contribution in [-0.4, -0.2) is 95.1 Å². The highest BCUT2D eigenvalue weighted by Gasteiger charge is 2.49. The molecule has 3 atom stereocenters. The van der Waals surface area contributed by atoms with Gasteiger partial charge in [0.2, 0.25) is 5.84 Å². The summed E-state index contributed by atoms with van der Waals surface area (Å²) in [7, 11) is 5.52. The molecule has 0 saturated heterocycles. The van der Waals surface area contributed by atoms with Gasteiger partial charge in [0.05, 0.1) is 27.7 Å². The summed E-state index contributed by atoms with van der Waals surface area (Å²) >= 11 is 0. The van der Waals surface area contributed by atoms with Crippen molar-refractivity contribution in [3.8, 4) is 0 Å². The van der Waals surface area contributed by atoms with Crippen molar-refractivity contribution in [2.24, 2.45) is 4.99 Å². The van der Waals surface area contributed by atoms with Crippen LogP contribution in [0.4, 0.5) is 0 Å². The summed E-state index contributed by atoms with van der Waals surface area (Å²) in [6.45, 7) is 7.03. The first-order valence-electron chi connectivity index (χ1n) is 12.7. The SMILES string of the molecule is CCCCCCCCCCCCC1=NCC[N+]1(C(C)O)C(C)C(=O)O.C[N+](C)(C)CC(=O)O. The Hall–Kier alpha value is -1.51. The van der Waals surface area contributed by atoms with Gasteiger partial charge in [-0.05, 0) is 13.3 Å². The summed E-state index contributed by atoms with van der Waals surface area (Å²) < 4.78 is 0.599. The number of hydrogen-bond donors (Lipinski definition) is 3. The van der Waals surface area contributed by atoms with Crippen molar-refractivity contribution in [3.05, 3.63) is 0 Å². The number of aliphatic imine (C=N–C) groups is 1. The molecule has 0 aromatic rings. The Labute approximate surface area is 201 Å². The van der Waals surface area contributed by atoms with E-state index in [9.17, 15) is 19.8 Å². The van der Waals surface area contributed by atoms with Crippen LogP contribution in [0.2, 0.25) is 0 Å². The number of quaternary nitrogens is 2. The molecule has 3 N–H and O–H groups in total. The van der Waals surface area contributed by atoms with Gasteiger partial charge in [-0.1, -0.05) is 64.7 Å². The molecule has 0 amide bonds. The van der Waals surface area contributed by atoms with Crippen molar-refractivity contribution < 1.29 is 33.9 Å². The number of aliphatic carboxylic acids is 2. The molecule has 0 aromatic heterocycles. The van der Waals surface area contributed by atoms with E-state index >= 15 is 0 Å². The van der Waals surface area contributed by atoms with Crippen molar-refractivity contribution in [2.75, 3.05) is 40.8 Å². The normalized spacial score (nSPS) is 19.9. The van der Waals surface area contributed by atoms with E-state index in [4.69, 9.17) is 5.11 Å². The minimum absolute atomic E-state index is 0.118. The number of likely N-dealkylation sites (N-methyl/N-ethyl adjacent to an activating group) is 1. The number of aliphatic hydroxyl groups excluding tert-OH is 1. The molecule has 0 bridgehead atoms. The van der Waals surface area contributed by atoms with E-state index in [1.165, 1.54) is 51.4 Å². The Morgan fingerprint density at radius 2 is 1.42 bits per heavy atom. The third kappa shape index (κ3) is 12.5. The molecule has 0 saturated carbocycles. The summed E-state index contributed by atoms with van der Waals surface area (Å²) in [5, 5.41) is 28.0. The summed E-state index contributed by atoms with van der Waals surface area (Å²) in [6, 6.07) is -0.649. The molecule has 8 heteroatoms. The van der Waals surface area contributed by atoms with Crippen LogP contribution in [0, 0.1) is 0 Å². The lowest BCUT2D eigenvalue weighted by atomic mass is 10.0. The van der Waals surface area contributed by atoms with E-state index in [0.717, 1.165) is 25.1 Å². The fourth-order valence-corrected chi connectivity index (χ4v) is 4.41. The zero-order chi connectivity index (χ0) is 25.5. The van der Waals surface area contributed by atoms with Crippen LogP contribution >= 0.6 is 0 Å². The smallest absolute Gasteiger partial charge is 0.362 e. The highest BCUT2D eigenvalue weighted by atomic mass is 16.4. The molecular weight excluding hydrogens is 422 g/mol. The lowest BCUT2D eigenvalue weighted by molar-refractivity contribution is -0.897. The van der Waals surface area contributed by atoms with Gasteiger partial charge in [0.25, 0.3) is 0 Å². The van der Waals surface area contributed by atoms with Crippen molar-refractivity contribution in [1.82, 2.24) is 0 Å². The number of hydrogen-bond acceptors (Lipinski definition) is 4. The monoisotopic (exact) mass is 473 g/mol. The molecule has 1 heterocycles. The maximum Gasteiger partial charge on any atom is 0.362 e. The van der Waals surface area contributed by atoms with Gasteiger partial charge in [-0.25, -0.2) is 19.1 Å². The Bertz CT molecular complexity index is 601. The lowest BCUT2D eigenvalue weighted by Crippen LogP contribution is -2.64. The van der Waals surface area contributed by atoms with Gasteiger partial charge in [-0.15, -0.1) is 0 Å². The molecule has 3 unspecified atom stereocenters. The fraction of sp³-hybridized carbons (Fsp3) is 0.880. The van der Waals surface area contributed by atoms with Gasteiger partial charge in [-0.2, -0.15) is 0 Å². The van der Waals surface area contributed by atoms with Crippen molar-refractivity contribution in [1.29, 1.82) is 0 Å². The molecule has 0 aromatic carbocycles. The lowest BCUT2D eigenvalue weighted by Gasteiger charge is -2.40. The topological polar surface area (TPSA) is 107 Å². The summed E-state index contributed by atoms with van der Waals surface area (Å²) in [4.78, 5) is 26.1. The van der Waals surface area contributed by atoms with E-state index in [2.05, 4.69) is 11.9 Å². The molecular formula is C25H51N3O5+2. The number of carbonyl (C=O) groups is 2. The molecule has 33 heavy (non-hydrogen) atoms. The second-order valence-corrected chi connectivity index (χ2v) is 10.4. The zero-order valence-electron chi connectivity index (χ0n) is 22.1. The highest BCUT2D eigenvalue weighted by Crippen LogP contribution is 2.27. The van der Waals surface area contributed by atoms with Crippen molar-refractivity contribution >= 4 is 17.8 Å². The maximum atomic E-state index is 11.5. The number of nitrogens with zero attached hydrogens (tertiary/aromatic N) is 3. The van der Waals surface area contributed by atoms with Crippen molar-refractivity contribution in [3.63, 3.8) is 0 Å². The molecule has 0 spiro atoms. The van der Waals surface area contributed by atoms with Gasteiger partial charge < -0.3 is 19.8 Å². The standard InChI is InChI=1S/C20H38N2O3.C5H11NO2/c1-4-5-6-7-8-9-10-11-12-13-14-19-21-15-16-22(19,18(3)23)17(2)20(24)25;1-6(2,3)4-5(7)8/h17-18,23H,4-16H2,1-3H3;4H2,1-3H3/p+2. The van der Waals surface area contributed by atoms with Crippen LogP contribution < -0.4 is 0 Å². The van der Waals surface area contributed by atoms with Crippen LogP contribution in [0.3, 0.4) is 0 Å². The molecule has 1 aliphatic heterocycles. The predicted molar refractivity (Wildman–Crippen MR) is 133 cm³/mol. The summed E-state index contributed by atoms with van der Waals surface area (Å²) in [6.07, 6.45) is 12.9. The molecule has 0 aliphatic carbocycles. The van der Waals surface area contributed by atoms with Gasteiger partial charge in [0.1, 0.15) is 6.54 Å². The van der Waals surface area contributed by atoms with Gasteiger partial charge >= 0.3 is 11.9 Å². The second-order valence-electron chi connectivity index (χ2n) is 10.4. The van der Waals surface area contributed by atoms with E-state index in [0.29, 0.717) is 17.6 Å². The van der Waals surface area contributed by atoms with Crippen LogP contribution in [0.25, 0.3) is 0 Å². The van der Waals surface area contributed by atoms with E-state index < -0.39 is 24.2 Å². The van der Waals surface area contributed by atoms with Crippen LogP contribution in [0.15, 0.2) is 4.99 Å². The van der Waals surface area contributed by atoms with Crippen molar-refractivity contribution in [2.45, 2.75) is 104 Å². The minimum atomic E-state index is -0.862. The largest absolute Gasteiger partial charge is 0.477 e. The third-order valence-corrected chi connectivity index (χ3v) is 6.32. The zero-order valence-corrected chi connectivity index (χ0v) is 22.1. The Kier molecular flexibility index (Phi) is 15.4. The molecule has 194 valence electrons. The Morgan fingerprint density at radius 1 is 0.939 bits per heavy atom. The minimum Gasteiger partial charge on any atom is -0.477 e. The molecule has 0 fully saturated rings. The van der Waals surface area contributed by atoms with E-state index in [1.807, 2.05) is 21.1 Å². The Morgan fingerprint density at radius 3 is 1.79 bits per heavy atom. The van der Waals surface area contributed by atoms with Gasteiger partial charge in [0, 0.05) is 13.3 Å². The molecule has 1 rings (SSSR count). The number of carboxylic acid groups (broad SMARTS) is 2. The molecule has 1 aliphatic rings. The number of amidine groups is 1. The summed E-state index contributed by atoms with van der Waals surface area (Å²) in [5.41, 5.74) is 0. The number of carboxylic acids is 2. The first-order chi connectivity index (χ1) is 15.4. The first kappa shape index (κ1) is 31.5. The van der Waals surface area contributed by atoms with Gasteiger partial charge in [-0.3, -0.25) is 0 Å². The first-order valence-corrected chi connectivity index (χ1v) is 12.7. The number of aliphatic hydroxyl groups is 1. The molecule has 0 radical (unpaired) electrons. The average Bonchev–Trinajstić information content (AvgIpc) is 3.12. The molecule has 8 nitrogen and oxygen atoms in total. The number of rotatable bonds is 16. The van der Waals surface area contributed by atoms with E-state index in [1.54, 1.807) is 13.8 Å². The summed E-state index contributed by atoms with van der Waals surface area (Å²) in [5.74, 6) is -0.736. The predicted octanol–water partition coefficient (Wildman–Crippen LogP) is 4.11. The van der Waals surface area contributed by atoms with Crippen LogP contribution in [-0.2, 0) is 9.59 Å². The Balaban J connectivity index is 0.00000109.